The third-order valence-corrected chi connectivity index (χ3v) is 6.58. The number of para-hydroxylation sites is 1. The number of aromatic nitrogens is 1. The van der Waals surface area contributed by atoms with Crippen LogP contribution in [0.4, 0.5) is 0 Å². The Hall–Kier alpha value is -3.31. The summed E-state index contributed by atoms with van der Waals surface area (Å²) in [6.07, 6.45) is 2.58. The van der Waals surface area contributed by atoms with Gasteiger partial charge in [0.2, 0.25) is 5.91 Å². The highest BCUT2D eigenvalue weighted by Gasteiger charge is 2.22. The molecule has 1 amide bonds. The average Bonchev–Trinajstić information content (AvgIpc) is 2.83. The molecule has 2 unspecified atom stereocenters. The monoisotopic (exact) mass is 442 g/mol. The van der Waals surface area contributed by atoms with E-state index in [0.29, 0.717) is 10.6 Å². The first-order valence-corrected chi connectivity index (χ1v) is 12.3. The van der Waals surface area contributed by atoms with Gasteiger partial charge in [0, 0.05) is 17.2 Å². The topological polar surface area (TPSA) is 59.1 Å². The van der Waals surface area contributed by atoms with Crippen molar-refractivity contribution in [2.24, 2.45) is 0 Å². The summed E-state index contributed by atoms with van der Waals surface area (Å²) in [4.78, 5) is 18.6. The van der Waals surface area contributed by atoms with Crippen LogP contribution in [0.15, 0.2) is 89.8 Å². The molecule has 5 heteroatoms. The second-order valence-electron chi connectivity index (χ2n) is 7.72. The van der Waals surface area contributed by atoms with Crippen LogP contribution in [0.2, 0.25) is 0 Å². The second kappa shape index (κ2) is 9.88. The first-order valence-electron chi connectivity index (χ1n) is 10.7. The maximum absolute atomic E-state index is 13.2. The van der Waals surface area contributed by atoms with E-state index in [1.54, 1.807) is 6.26 Å². The van der Waals surface area contributed by atoms with Gasteiger partial charge in [0.05, 0.1) is 39.4 Å². The zero-order chi connectivity index (χ0) is 22.5. The first kappa shape index (κ1) is 21.9. The maximum atomic E-state index is 13.2. The van der Waals surface area contributed by atoms with Gasteiger partial charge in [-0.1, -0.05) is 85.8 Å². The van der Waals surface area contributed by atoms with Crippen molar-refractivity contribution in [1.29, 1.82) is 0 Å². The summed E-state index contributed by atoms with van der Waals surface area (Å²) < 4.78 is 12.9. The molecule has 1 heterocycles. The Labute approximate surface area is 191 Å². The van der Waals surface area contributed by atoms with Gasteiger partial charge in [-0.3, -0.25) is 9.00 Å². The third kappa shape index (κ3) is 4.63. The van der Waals surface area contributed by atoms with Gasteiger partial charge >= 0.3 is 0 Å². The standard InChI is InChI=1S/C27H26N2O2S/c1-3-23(19-12-6-4-7-13-19)28-25(30)18-22-21-16-10-11-17-24(21)29-26(27(22)32(2)31)20-14-8-5-9-15-20/h4-17,23H,3,18H2,1-2H3,(H,28,30). The average molecular weight is 443 g/mol. The van der Waals surface area contributed by atoms with Crippen molar-refractivity contribution in [3.8, 4) is 11.3 Å². The largest absolute Gasteiger partial charge is 0.349 e. The van der Waals surface area contributed by atoms with E-state index < -0.39 is 10.8 Å². The number of fused-ring (bicyclic) bond motifs is 1. The molecule has 0 aliphatic rings. The van der Waals surface area contributed by atoms with Crippen molar-refractivity contribution in [3.05, 3.63) is 96.1 Å². The van der Waals surface area contributed by atoms with Crippen LogP contribution >= 0.6 is 0 Å². The highest BCUT2D eigenvalue weighted by atomic mass is 32.2. The lowest BCUT2D eigenvalue weighted by molar-refractivity contribution is -0.121. The molecule has 3 aromatic carbocycles. The molecule has 4 aromatic rings. The smallest absolute Gasteiger partial charge is 0.224 e. The Kier molecular flexibility index (Phi) is 6.76. The fourth-order valence-electron chi connectivity index (χ4n) is 4.05. The minimum absolute atomic E-state index is 0.0685. The first-order chi connectivity index (χ1) is 15.6. The molecule has 0 aliphatic carbocycles. The van der Waals surface area contributed by atoms with Crippen LogP contribution in [0.1, 0.15) is 30.5 Å². The highest BCUT2D eigenvalue weighted by Crippen LogP contribution is 2.33. The lowest BCUT2D eigenvalue weighted by Crippen LogP contribution is -2.30. The number of carbonyl (C=O) groups is 1. The van der Waals surface area contributed by atoms with Gasteiger partial charge in [0.15, 0.2) is 0 Å². The molecule has 4 nitrogen and oxygen atoms in total. The normalized spacial score (nSPS) is 12.9. The van der Waals surface area contributed by atoms with Gasteiger partial charge in [0.1, 0.15) is 0 Å². The molecule has 0 saturated carbocycles. The van der Waals surface area contributed by atoms with Crippen molar-refractivity contribution in [3.63, 3.8) is 0 Å². The van der Waals surface area contributed by atoms with Crippen LogP contribution < -0.4 is 5.32 Å². The van der Waals surface area contributed by atoms with E-state index in [1.165, 1.54) is 0 Å². The summed E-state index contributed by atoms with van der Waals surface area (Å²) in [5.41, 5.74) is 4.20. The molecule has 0 saturated heterocycles. The van der Waals surface area contributed by atoms with Crippen molar-refractivity contribution in [2.75, 3.05) is 6.26 Å². The van der Waals surface area contributed by atoms with Crippen molar-refractivity contribution < 1.29 is 9.00 Å². The number of benzene rings is 3. The van der Waals surface area contributed by atoms with E-state index in [-0.39, 0.29) is 18.4 Å². The number of carbonyl (C=O) groups excluding carboxylic acids is 1. The SMILES string of the molecule is CCC(NC(=O)Cc1c(S(C)=O)c(-c2ccccc2)nc2ccccc12)c1ccccc1. The molecular formula is C27H26N2O2S. The number of nitrogens with one attached hydrogen (secondary N) is 1. The summed E-state index contributed by atoms with van der Waals surface area (Å²) in [6.45, 7) is 2.06. The van der Waals surface area contributed by atoms with Crippen LogP contribution in [-0.4, -0.2) is 21.4 Å². The number of pyridine rings is 1. The zero-order valence-corrected chi connectivity index (χ0v) is 19.1. The number of nitrogens with zero attached hydrogens (tertiary/aromatic N) is 1. The van der Waals surface area contributed by atoms with E-state index in [2.05, 4.69) is 12.2 Å². The van der Waals surface area contributed by atoms with Crippen LogP contribution in [0.3, 0.4) is 0 Å². The Morgan fingerprint density at radius 2 is 1.56 bits per heavy atom. The number of hydrogen-bond acceptors (Lipinski definition) is 3. The van der Waals surface area contributed by atoms with Crippen LogP contribution in [0, 0.1) is 0 Å². The summed E-state index contributed by atoms with van der Waals surface area (Å²) >= 11 is 0. The molecule has 4 rings (SSSR count). The van der Waals surface area contributed by atoms with E-state index in [9.17, 15) is 9.00 Å². The van der Waals surface area contributed by atoms with Crippen LogP contribution in [-0.2, 0) is 22.0 Å². The van der Waals surface area contributed by atoms with Crippen molar-refractivity contribution in [1.82, 2.24) is 10.3 Å². The number of rotatable bonds is 7. The van der Waals surface area contributed by atoms with Gasteiger partial charge in [-0.05, 0) is 23.6 Å². The van der Waals surface area contributed by atoms with E-state index in [0.717, 1.165) is 34.0 Å². The van der Waals surface area contributed by atoms with Crippen LogP contribution in [0.5, 0.6) is 0 Å². The minimum atomic E-state index is -1.32. The second-order valence-corrected chi connectivity index (χ2v) is 9.04. The van der Waals surface area contributed by atoms with Gasteiger partial charge < -0.3 is 5.32 Å². The summed E-state index contributed by atoms with van der Waals surface area (Å²) in [5, 5.41) is 4.02. The van der Waals surface area contributed by atoms with E-state index in [1.807, 2.05) is 84.9 Å². The maximum Gasteiger partial charge on any atom is 0.224 e. The molecule has 2 atom stereocenters. The molecule has 0 spiro atoms. The Balaban J connectivity index is 1.78. The Morgan fingerprint density at radius 1 is 0.938 bits per heavy atom. The molecular weight excluding hydrogens is 416 g/mol. The van der Waals surface area contributed by atoms with Gasteiger partial charge in [-0.15, -0.1) is 0 Å². The third-order valence-electron chi connectivity index (χ3n) is 5.57. The Morgan fingerprint density at radius 3 is 2.22 bits per heavy atom. The van der Waals surface area contributed by atoms with Crippen molar-refractivity contribution in [2.45, 2.75) is 30.7 Å². The molecule has 0 radical (unpaired) electrons. The molecule has 32 heavy (non-hydrogen) atoms. The van der Waals surface area contributed by atoms with Gasteiger partial charge in [-0.25, -0.2) is 4.98 Å². The zero-order valence-electron chi connectivity index (χ0n) is 18.2. The number of hydrogen-bond donors (Lipinski definition) is 1. The quantitative estimate of drug-likeness (QED) is 0.414. The lowest BCUT2D eigenvalue weighted by Gasteiger charge is -2.19. The fraction of sp³-hybridized carbons (Fsp3) is 0.185. The summed E-state index contributed by atoms with van der Waals surface area (Å²) in [5.74, 6) is -0.0947. The summed E-state index contributed by atoms with van der Waals surface area (Å²) in [6, 6.07) is 27.4. The predicted octanol–water partition coefficient (Wildman–Crippen LogP) is 5.45. The summed E-state index contributed by atoms with van der Waals surface area (Å²) in [7, 11) is -1.32. The van der Waals surface area contributed by atoms with Gasteiger partial charge in [-0.2, -0.15) is 0 Å². The molecule has 0 bridgehead atoms. The molecule has 1 aromatic heterocycles. The number of amides is 1. The van der Waals surface area contributed by atoms with Crippen molar-refractivity contribution >= 4 is 27.6 Å². The van der Waals surface area contributed by atoms with E-state index >= 15 is 0 Å². The van der Waals surface area contributed by atoms with Crippen LogP contribution in [0.25, 0.3) is 22.2 Å². The lowest BCUT2D eigenvalue weighted by atomic mass is 10.00. The Bertz CT molecular complexity index is 1260. The predicted molar refractivity (Wildman–Crippen MR) is 131 cm³/mol. The molecule has 0 fully saturated rings. The minimum Gasteiger partial charge on any atom is -0.349 e. The molecule has 162 valence electrons. The highest BCUT2D eigenvalue weighted by molar-refractivity contribution is 7.84. The molecule has 0 aliphatic heterocycles. The molecule has 1 N–H and O–H groups in total. The van der Waals surface area contributed by atoms with Gasteiger partial charge in [0.25, 0.3) is 0 Å². The fourth-order valence-corrected chi connectivity index (χ4v) is 5.02. The van der Waals surface area contributed by atoms with E-state index in [4.69, 9.17) is 4.98 Å².